The van der Waals surface area contributed by atoms with Gasteiger partial charge in [-0.25, -0.2) is 0 Å². The van der Waals surface area contributed by atoms with Crippen molar-refractivity contribution in [2.75, 3.05) is 19.0 Å². The highest BCUT2D eigenvalue weighted by Crippen LogP contribution is 2.13. The number of hydrogen-bond acceptors (Lipinski definition) is 3. The predicted octanol–water partition coefficient (Wildman–Crippen LogP) is 2.91. The van der Waals surface area contributed by atoms with E-state index < -0.39 is 0 Å². The van der Waals surface area contributed by atoms with Gasteiger partial charge in [0.25, 0.3) is 0 Å². The normalized spacial score (nSPS) is 10.1. The number of anilines is 1. The molecule has 2 aromatic carbocycles. The Morgan fingerprint density at radius 3 is 2.30 bits per heavy atom. The van der Waals surface area contributed by atoms with E-state index in [1.165, 1.54) is 11.3 Å². The van der Waals surface area contributed by atoms with Gasteiger partial charge in [-0.15, -0.1) is 0 Å². The fourth-order valence-electron chi connectivity index (χ4n) is 2.05. The molecule has 0 bridgehead atoms. The van der Waals surface area contributed by atoms with Gasteiger partial charge in [-0.2, -0.15) is 5.26 Å². The van der Waals surface area contributed by atoms with E-state index in [-0.39, 0.29) is 0 Å². The highest BCUT2D eigenvalue weighted by Gasteiger charge is 1.99. The summed E-state index contributed by atoms with van der Waals surface area (Å²) in [5, 5.41) is 12.3. The maximum atomic E-state index is 8.87. The minimum atomic E-state index is 0.707. The highest BCUT2D eigenvalue weighted by atomic mass is 15.1. The molecular formula is C17H19N3. The van der Waals surface area contributed by atoms with Crippen LogP contribution >= 0.6 is 0 Å². The van der Waals surface area contributed by atoms with E-state index in [1.807, 2.05) is 38.4 Å². The molecule has 0 saturated heterocycles. The zero-order valence-corrected chi connectivity index (χ0v) is 11.9. The molecule has 2 aromatic rings. The van der Waals surface area contributed by atoms with Gasteiger partial charge in [0.15, 0.2) is 0 Å². The molecule has 0 saturated carbocycles. The summed E-state index contributed by atoms with van der Waals surface area (Å²) in [6, 6.07) is 18.3. The van der Waals surface area contributed by atoms with Gasteiger partial charge < -0.3 is 10.2 Å². The average Bonchev–Trinajstić information content (AvgIpc) is 2.48. The van der Waals surface area contributed by atoms with Crippen molar-refractivity contribution >= 4 is 5.69 Å². The van der Waals surface area contributed by atoms with Crippen LogP contribution in [0.15, 0.2) is 48.5 Å². The molecule has 0 aliphatic carbocycles. The van der Waals surface area contributed by atoms with Crippen LogP contribution in [0.1, 0.15) is 16.7 Å². The summed E-state index contributed by atoms with van der Waals surface area (Å²) in [5.41, 5.74) is 4.30. The summed E-state index contributed by atoms with van der Waals surface area (Å²) >= 11 is 0. The molecule has 0 radical (unpaired) electrons. The third-order valence-corrected chi connectivity index (χ3v) is 3.14. The summed E-state index contributed by atoms with van der Waals surface area (Å²) in [5.74, 6) is 0. The van der Waals surface area contributed by atoms with Crippen LogP contribution in [0.5, 0.6) is 0 Å². The van der Waals surface area contributed by atoms with Crippen LogP contribution in [0.25, 0.3) is 0 Å². The van der Waals surface area contributed by atoms with E-state index in [1.54, 1.807) is 0 Å². The van der Waals surface area contributed by atoms with Gasteiger partial charge in [0.2, 0.25) is 0 Å². The van der Waals surface area contributed by atoms with Crippen molar-refractivity contribution in [3.8, 4) is 6.07 Å². The van der Waals surface area contributed by atoms with Crippen LogP contribution in [-0.2, 0) is 13.1 Å². The summed E-state index contributed by atoms with van der Waals surface area (Å²) in [6.07, 6.45) is 0. The van der Waals surface area contributed by atoms with Crippen LogP contribution in [0.2, 0.25) is 0 Å². The number of nitriles is 1. The third-order valence-electron chi connectivity index (χ3n) is 3.14. The van der Waals surface area contributed by atoms with Crippen LogP contribution < -0.4 is 10.2 Å². The Hall–Kier alpha value is -2.31. The van der Waals surface area contributed by atoms with Gasteiger partial charge in [-0.3, -0.25) is 0 Å². The van der Waals surface area contributed by atoms with Crippen molar-refractivity contribution in [1.82, 2.24) is 5.32 Å². The quantitative estimate of drug-likeness (QED) is 0.903. The molecule has 1 N–H and O–H groups in total. The van der Waals surface area contributed by atoms with Crippen molar-refractivity contribution in [2.24, 2.45) is 0 Å². The Morgan fingerprint density at radius 1 is 1.00 bits per heavy atom. The van der Waals surface area contributed by atoms with Gasteiger partial charge in [0.05, 0.1) is 11.6 Å². The van der Waals surface area contributed by atoms with Crippen LogP contribution in [0.4, 0.5) is 5.69 Å². The monoisotopic (exact) mass is 265 g/mol. The molecule has 0 aliphatic heterocycles. The fraction of sp³-hybridized carbons (Fsp3) is 0.235. The lowest BCUT2D eigenvalue weighted by Gasteiger charge is -2.14. The molecular weight excluding hydrogens is 246 g/mol. The van der Waals surface area contributed by atoms with E-state index in [0.29, 0.717) is 5.56 Å². The van der Waals surface area contributed by atoms with Crippen molar-refractivity contribution in [2.45, 2.75) is 13.1 Å². The number of nitrogens with one attached hydrogen (secondary N) is 1. The maximum Gasteiger partial charge on any atom is 0.0991 e. The first-order valence-corrected chi connectivity index (χ1v) is 6.65. The number of hydrogen-bond donors (Lipinski definition) is 1. The first-order chi connectivity index (χ1) is 9.69. The molecule has 20 heavy (non-hydrogen) atoms. The number of benzene rings is 2. The van der Waals surface area contributed by atoms with Crippen molar-refractivity contribution in [3.63, 3.8) is 0 Å². The zero-order chi connectivity index (χ0) is 14.4. The summed E-state index contributed by atoms with van der Waals surface area (Å²) < 4.78 is 0. The second-order valence-corrected chi connectivity index (χ2v) is 4.98. The molecule has 2 rings (SSSR count). The smallest absolute Gasteiger partial charge is 0.0991 e. The minimum Gasteiger partial charge on any atom is -0.378 e. The molecule has 0 atom stereocenters. The lowest BCUT2D eigenvalue weighted by atomic mass is 10.1. The Morgan fingerprint density at radius 2 is 1.65 bits per heavy atom. The Balaban J connectivity index is 1.92. The van der Waals surface area contributed by atoms with Crippen molar-refractivity contribution < 1.29 is 0 Å². The summed E-state index contributed by atoms with van der Waals surface area (Å²) in [6.45, 7) is 1.58. The number of nitrogens with zero attached hydrogens (tertiary/aromatic N) is 2. The minimum absolute atomic E-state index is 0.707. The first kappa shape index (κ1) is 14.1. The van der Waals surface area contributed by atoms with Gasteiger partial charge in [0.1, 0.15) is 0 Å². The largest absolute Gasteiger partial charge is 0.378 e. The SMILES string of the molecule is CN(C)c1cccc(CNCc2cccc(C#N)c2)c1. The number of rotatable bonds is 5. The standard InChI is InChI=1S/C17H19N3/c1-20(2)17-8-4-7-16(10-17)13-19-12-15-6-3-5-14(9-15)11-18/h3-10,19H,12-13H2,1-2H3. The summed E-state index contributed by atoms with van der Waals surface area (Å²) in [4.78, 5) is 2.10. The maximum absolute atomic E-state index is 8.87. The molecule has 102 valence electrons. The first-order valence-electron chi connectivity index (χ1n) is 6.65. The van der Waals surface area contributed by atoms with E-state index in [2.05, 4.69) is 40.6 Å². The Kier molecular flexibility index (Phi) is 4.75. The zero-order valence-electron chi connectivity index (χ0n) is 11.9. The van der Waals surface area contributed by atoms with Gasteiger partial charge in [-0.1, -0.05) is 24.3 Å². The predicted molar refractivity (Wildman–Crippen MR) is 82.5 cm³/mol. The van der Waals surface area contributed by atoms with E-state index in [9.17, 15) is 0 Å². The average molecular weight is 265 g/mol. The van der Waals surface area contributed by atoms with Crippen molar-refractivity contribution in [1.29, 1.82) is 5.26 Å². The Bertz CT molecular complexity index is 612. The lowest BCUT2D eigenvalue weighted by molar-refractivity contribution is 0.693. The lowest BCUT2D eigenvalue weighted by Crippen LogP contribution is -2.14. The molecule has 0 spiro atoms. The second-order valence-electron chi connectivity index (χ2n) is 4.98. The van der Waals surface area contributed by atoms with Gasteiger partial charge >= 0.3 is 0 Å². The van der Waals surface area contributed by atoms with Crippen LogP contribution in [0, 0.1) is 11.3 Å². The van der Waals surface area contributed by atoms with E-state index >= 15 is 0 Å². The van der Waals surface area contributed by atoms with Crippen LogP contribution in [0.3, 0.4) is 0 Å². The molecule has 0 unspecified atom stereocenters. The second kappa shape index (κ2) is 6.74. The molecule has 0 aromatic heterocycles. The molecule has 3 heteroatoms. The van der Waals surface area contributed by atoms with Crippen LogP contribution in [-0.4, -0.2) is 14.1 Å². The molecule has 0 amide bonds. The van der Waals surface area contributed by atoms with E-state index in [0.717, 1.165) is 18.7 Å². The molecule has 0 heterocycles. The van der Waals surface area contributed by atoms with Gasteiger partial charge in [-0.05, 0) is 35.4 Å². The molecule has 0 fully saturated rings. The molecule has 3 nitrogen and oxygen atoms in total. The highest BCUT2D eigenvalue weighted by molar-refractivity contribution is 5.47. The van der Waals surface area contributed by atoms with E-state index in [4.69, 9.17) is 5.26 Å². The summed E-state index contributed by atoms with van der Waals surface area (Å²) in [7, 11) is 4.08. The van der Waals surface area contributed by atoms with Crippen molar-refractivity contribution in [3.05, 3.63) is 65.2 Å². The molecule has 0 aliphatic rings. The topological polar surface area (TPSA) is 39.1 Å². The Labute approximate surface area is 120 Å². The van der Waals surface area contributed by atoms with Gasteiger partial charge in [0, 0.05) is 32.9 Å². The third kappa shape index (κ3) is 3.84. The fourth-order valence-corrected chi connectivity index (χ4v) is 2.05.